The molecular formula is C30H30ClN3O2. The zero-order chi connectivity index (χ0) is 25.9. The Morgan fingerprint density at radius 2 is 1.61 bits per heavy atom. The summed E-state index contributed by atoms with van der Waals surface area (Å²) in [5, 5.41) is 5.50. The van der Waals surface area contributed by atoms with Crippen LogP contribution in [0, 0.1) is 6.92 Å². The quantitative estimate of drug-likeness (QED) is 0.252. The van der Waals surface area contributed by atoms with Crippen molar-refractivity contribution < 1.29 is 4.52 Å². The van der Waals surface area contributed by atoms with Crippen LogP contribution >= 0.6 is 11.6 Å². The first-order valence-corrected chi connectivity index (χ1v) is 12.5. The Morgan fingerprint density at radius 1 is 0.944 bits per heavy atom. The van der Waals surface area contributed by atoms with Crippen LogP contribution in [-0.2, 0) is 12.0 Å². The summed E-state index contributed by atoms with van der Waals surface area (Å²) >= 11 is 6.05. The average molecular weight is 500 g/mol. The predicted octanol–water partition coefficient (Wildman–Crippen LogP) is 7.41. The number of benzene rings is 3. The molecule has 184 valence electrons. The molecule has 0 fully saturated rings. The smallest absolute Gasteiger partial charge is 0.237 e. The van der Waals surface area contributed by atoms with Crippen LogP contribution in [0.15, 0.2) is 88.3 Å². The highest BCUT2D eigenvalue weighted by Gasteiger charge is 2.30. The van der Waals surface area contributed by atoms with Gasteiger partial charge in [0.1, 0.15) is 0 Å². The summed E-state index contributed by atoms with van der Waals surface area (Å²) < 4.78 is 7.72. The molecule has 0 amide bonds. The number of fused-ring (bicyclic) bond motifs is 1. The van der Waals surface area contributed by atoms with E-state index in [9.17, 15) is 4.79 Å². The number of nitrogens with zero attached hydrogens (tertiary/aromatic N) is 3. The molecule has 0 spiro atoms. The maximum atomic E-state index is 13.4. The van der Waals surface area contributed by atoms with E-state index in [2.05, 4.69) is 41.3 Å². The van der Waals surface area contributed by atoms with Crippen LogP contribution in [0.4, 0.5) is 0 Å². The molecule has 3 aromatic carbocycles. The van der Waals surface area contributed by atoms with Crippen LogP contribution < -0.4 is 5.43 Å². The monoisotopic (exact) mass is 499 g/mol. The van der Waals surface area contributed by atoms with Gasteiger partial charge in [0.15, 0.2) is 0 Å². The second kappa shape index (κ2) is 10.5. The Balaban J connectivity index is 0.00000148. The van der Waals surface area contributed by atoms with E-state index in [1.807, 2.05) is 87.0 Å². The third-order valence-corrected chi connectivity index (χ3v) is 6.48. The molecule has 0 atom stereocenters. The van der Waals surface area contributed by atoms with Gasteiger partial charge >= 0.3 is 0 Å². The number of para-hydroxylation sites is 1. The van der Waals surface area contributed by atoms with Gasteiger partial charge in [-0.25, -0.2) is 0 Å². The SMILES string of the molecule is CC.Cc1ccc(C(C)(C)c2nc(-c3cn(Cc4ccc(Cl)cc4)c4ccccc4c3=O)no2)cc1. The van der Waals surface area contributed by atoms with Crippen LogP contribution in [0.25, 0.3) is 22.3 Å². The Morgan fingerprint density at radius 3 is 2.31 bits per heavy atom. The van der Waals surface area contributed by atoms with Crippen molar-refractivity contribution in [3.05, 3.63) is 117 Å². The minimum absolute atomic E-state index is 0.122. The van der Waals surface area contributed by atoms with E-state index in [1.165, 1.54) is 5.56 Å². The van der Waals surface area contributed by atoms with Gasteiger partial charge in [0.2, 0.25) is 17.1 Å². The summed E-state index contributed by atoms with van der Waals surface area (Å²) in [6.45, 7) is 10.7. The molecule has 0 radical (unpaired) electrons. The number of pyridine rings is 1. The van der Waals surface area contributed by atoms with Gasteiger partial charge in [0, 0.05) is 23.2 Å². The van der Waals surface area contributed by atoms with Gasteiger partial charge in [-0.1, -0.05) is 84.7 Å². The number of aromatic nitrogens is 3. The van der Waals surface area contributed by atoms with Crippen molar-refractivity contribution in [1.82, 2.24) is 14.7 Å². The average Bonchev–Trinajstić information content (AvgIpc) is 3.40. The van der Waals surface area contributed by atoms with Crippen LogP contribution in [0.2, 0.25) is 5.02 Å². The molecule has 0 saturated heterocycles. The van der Waals surface area contributed by atoms with Crippen LogP contribution in [-0.4, -0.2) is 14.7 Å². The van der Waals surface area contributed by atoms with Crippen molar-refractivity contribution in [3.8, 4) is 11.4 Å². The van der Waals surface area contributed by atoms with E-state index < -0.39 is 5.41 Å². The van der Waals surface area contributed by atoms with Crippen LogP contribution in [0.5, 0.6) is 0 Å². The Labute approximate surface area is 216 Å². The first-order valence-electron chi connectivity index (χ1n) is 12.1. The Hall–Kier alpha value is -3.70. The highest BCUT2D eigenvalue weighted by Crippen LogP contribution is 2.31. The summed E-state index contributed by atoms with van der Waals surface area (Å²) in [6, 6.07) is 23.5. The van der Waals surface area contributed by atoms with Crippen molar-refractivity contribution in [2.24, 2.45) is 0 Å². The minimum atomic E-state index is -0.502. The minimum Gasteiger partial charge on any atom is -0.342 e. The number of hydrogen-bond donors (Lipinski definition) is 0. The molecule has 6 heteroatoms. The van der Waals surface area contributed by atoms with Crippen LogP contribution in [0.3, 0.4) is 0 Å². The van der Waals surface area contributed by atoms with Crippen LogP contribution in [0.1, 0.15) is 50.3 Å². The van der Waals surface area contributed by atoms with E-state index in [0.29, 0.717) is 28.4 Å². The lowest BCUT2D eigenvalue weighted by atomic mass is 9.84. The number of aryl methyl sites for hydroxylation is 1. The molecule has 0 saturated carbocycles. The first kappa shape index (κ1) is 25.4. The largest absolute Gasteiger partial charge is 0.342 e. The molecule has 0 aliphatic rings. The summed E-state index contributed by atoms with van der Waals surface area (Å²) in [7, 11) is 0. The van der Waals surface area contributed by atoms with Gasteiger partial charge in [-0.15, -0.1) is 0 Å². The molecule has 2 aromatic heterocycles. The van der Waals surface area contributed by atoms with Gasteiger partial charge in [0.05, 0.1) is 16.5 Å². The normalized spacial score (nSPS) is 11.3. The van der Waals surface area contributed by atoms with Gasteiger partial charge in [-0.3, -0.25) is 4.79 Å². The molecule has 2 heterocycles. The molecule has 0 bridgehead atoms. The summed E-state index contributed by atoms with van der Waals surface area (Å²) in [5.41, 5.74) is 3.94. The fourth-order valence-electron chi connectivity index (χ4n) is 4.10. The van der Waals surface area contributed by atoms with Gasteiger partial charge in [-0.2, -0.15) is 4.98 Å². The molecular weight excluding hydrogens is 470 g/mol. The summed E-state index contributed by atoms with van der Waals surface area (Å²) in [4.78, 5) is 18.1. The highest BCUT2D eigenvalue weighted by atomic mass is 35.5. The van der Waals surface area contributed by atoms with Gasteiger partial charge in [-0.05, 0) is 56.2 Å². The number of halogens is 1. The lowest BCUT2D eigenvalue weighted by Gasteiger charge is -2.20. The van der Waals surface area contributed by atoms with Crippen molar-refractivity contribution in [1.29, 1.82) is 0 Å². The highest BCUT2D eigenvalue weighted by molar-refractivity contribution is 6.30. The molecule has 5 rings (SSSR count). The van der Waals surface area contributed by atoms with E-state index in [-0.39, 0.29) is 11.3 Å². The Kier molecular flexibility index (Phi) is 7.41. The standard InChI is InChI=1S/C28H24ClN3O2.C2H6/c1-18-8-12-20(13-9-18)28(2,3)27-30-26(31-34-27)23-17-32(16-19-10-14-21(29)15-11-19)24-7-5-4-6-22(24)25(23)33;1-2/h4-15,17H,16H2,1-3H3;1-2H3. The van der Waals surface area contributed by atoms with E-state index in [0.717, 1.165) is 16.6 Å². The molecule has 5 nitrogen and oxygen atoms in total. The Bertz CT molecular complexity index is 1530. The third kappa shape index (κ3) is 4.98. The number of rotatable bonds is 5. The molecule has 0 N–H and O–H groups in total. The van der Waals surface area contributed by atoms with Crippen molar-refractivity contribution in [2.45, 2.75) is 46.6 Å². The number of hydrogen-bond acceptors (Lipinski definition) is 4. The van der Waals surface area contributed by atoms with E-state index in [4.69, 9.17) is 16.1 Å². The topological polar surface area (TPSA) is 60.9 Å². The second-order valence-corrected chi connectivity index (χ2v) is 9.49. The van der Waals surface area contributed by atoms with Crippen molar-refractivity contribution in [3.63, 3.8) is 0 Å². The summed E-state index contributed by atoms with van der Waals surface area (Å²) in [6.07, 6.45) is 1.81. The predicted molar refractivity (Wildman–Crippen MR) is 147 cm³/mol. The fourth-order valence-corrected chi connectivity index (χ4v) is 4.23. The molecule has 0 aliphatic carbocycles. The first-order chi connectivity index (χ1) is 17.3. The zero-order valence-corrected chi connectivity index (χ0v) is 22.0. The lowest BCUT2D eigenvalue weighted by molar-refractivity contribution is 0.333. The zero-order valence-electron chi connectivity index (χ0n) is 21.2. The molecule has 36 heavy (non-hydrogen) atoms. The summed E-state index contributed by atoms with van der Waals surface area (Å²) in [5.74, 6) is 0.749. The fraction of sp³-hybridized carbons (Fsp3) is 0.233. The lowest BCUT2D eigenvalue weighted by Crippen LogP contribution is -2.19. The maximum Gasteiger partial charge on any atom is 0.237 e. The van der Waals surface area contributed by atoms with Crippen molar-refractivity contribution in [2.75, 3.05) is 0 Å². The maximum absolute atomic E-state index is 13.4. The van der Waals surface area contributed by atoms with E-state index >= 15 is 0 Å². The molecule has 5 aromatic rings. The molecule has 0 unspecified atom stereocenters. The molecule has 0 aliphatic heterocycles. The second-order valence-electron chi connectivity index (χ2n) is 9.06. The third-order valence-electron chi connectivity index (χ3n) is 6.23. The van der Waals surface area contributed by atoms with Gasteiger partial charge in [0.25, 0.3) is 0 Å². The van der Waals surface area contributed by atoms with E-state index in [1.54, 1.807) is 0 Å². The van der Waals surface area contributed by atoms with Gasteiger partial charge < -0.3 is 9.09 Å². The van der Waals surface area contributed by atoms with Crippen molar-refractivity contribution >= 4 is 22.5 Å².